The Morgan fingerprint density at radius 1 is 1.03 bits per heavy atom. The van der Waals surface area contributed by atoms with E-state index >= 15 is 0 Å². The van der Waals surface area contributed by atoms with Crippen molar-refractivity contribution in [2.45, 2.75) is 6.92 Å². The summed E-state index contributed by atoms with van der Waals surface area (Å²) in [4.78, 5) is 42.1. The van der Waals surface area contributed by atoms with Crippen molar-refractivity contribution in [3.63, 3.8) is 0 Å². The van der Waals surface area contributed by atoms with Gasteiger partial charge in [-0.3, -0.25) is 4.79 Å². The number of ether oxygens (including phenoxy) is 1. The minimum absolute atomic E-state index is 0.164. The van der Waals surface area contributed by atoms with E-state index in [4.69, 9.17) is 16.3 Å². The number of hydrogen-bond acceptors (Lipinski definition) is 7. The molecule has 0 radical (unpaired) electrons. The standard InChI is InChI=1S/C21H20ClN5O3/c1-2-30-21(29)17-19(25-16-8-4-3-7-15(16)24-17)26-10-12-27(13-11-26)20(28)14-6-5-9-23-18(14)22/h3-9H,2,10-13H2,1H3. The van der Waals surface area contributed by atoms with Crippen LogP contribution in [-0.4, -0.2) is 64.5 Å². The molecule has 2 aromatic heterocycles. The number of piperazine rings is 1. The van der Waals surface area contributed by atoms with Gasteiger partial charge in [-0.2, -0.15) is 0 Å². The Morgan fingerprint density at radius 2 is 1.73 bits per heavy atom. The summed E-state index contributed by atoms with van der Waals surface area (Å²) in [5, 5.41) is 0.190. The Hall–Kier alpha value is -3.26. The number of esters is 1. The maximum absolute atomic E-state index is 12.8. The van der Waals surface area contributed by atoms with Crippen LogP contribution in [0.4, 0.5) is 5.82 Å². The van der Waals surface area contributed by atoms with Crippen LogP contribution in [0.1, 0.15) is 27.8 Å². The summed E-state index contributed by atoms with van der Waals surface area (Å²) in [6.45, 7) is 3.93. The zero-order valence-corrected chi connectivity index (χ0v) is 17.2. The van der Waals surface area contributed by atoms with Crippen molar-refractivity contribution in [3.8, 4) is 0 Å². The second-order valence-electron chi connectivity index (χ2n) is 6.73. The zero-order chi connectivity index (χ0) is 21.1. The summed E-state index contributed by atoms with van der Waals surface area (Å²) < 4.78 is 5.18. The summed E-state index contributed by atoms with van der Waals surface area (Å²) in [6, 6.07) is 10.7. The lowest BCUT2D eigenvalue weighted by molar-refractivity contribution is 0.0519. The molecule has 3 heterocycles. The average Bonchev–Trinajstić information content (AvgIpc) is 2.78. The number of nitrogens with zero attached hydrogens (tertiary/aromatic N) is 5. The Balaban J connectivity index is 1.58. The van der Waals surface area contributed by atoms with E-state index in [1.807, 2.05) is 29.2 Å². The first-order valence-corrected chi connectivity index (χ1v) is 10.0. The molecule has 0 unspecified atom stereocenters. The molecule has 1 fully saturated rings. The Labute approximate surface area is 178 Å². The molecule has 9 heteroatoms. The molecule has 4 rings (SSSR count). The molecule has 0 atom stereocenters. The molecule has 1 aromatic carbocycles. The highest BCUT2D eigenvalue weighted by atomic mass is 35.5. The number of aromatic nitrogens is 3. The fourth-order valence-electron chi connectivity index (χ4n) is 3.38. The van der Waals surface area contributed by atoms with Crippen molar-refractivity contribution < 1.29 is 14.3 Å². The molecule has 3 aromatic rings. The second kappa shape index (κ2) is 8.62. The summed E-state index contributed by atoms with van der Waals surface area (Å²) in [7, 11) is 0. The van der Waals surface area contributed by atoms with Gasteiger partial charge in [-0.25, -0.2) is 19.7 Å². The number of anilines is 1. The molecule has 0 bridgehead atoms. The largest absolute Gasteiger partial charge is 0.461 e. The Kier molecular flexibility index (Phi) is 5.76. The highest BCUT2D eigenvalue weighted by Crippen LogP contribution is 2.24. The van der Waals surface area contributed by atoms with Gasteiger partial charge in [0.2, 0.25) is 0 Å². The third kappa shape index (κ3) is 3.91. The number of amides is 1. The molecule has 0 aliphatic carbocycles. The van der Waals surface area contributed by atoms with Gasteiger partial charge in [0.15, 0.2) is 11.5 Å². The number of halogens is 1. The molecule has 1 aliphatic heterocycles. The van der Waals surface area contributed by atoms with Gasteiger partial charge in [-0.1, -0.05) is 23.7 Å². The van der Waals surface area contributed by atoms with E-state index < -0.39 is 5.97 Å². The summed E-state index contributed by atoms with van der Waals surface area (Å²) >= 11 is 6.07. The van der Waals surface area contributed by atoms with Gasteiger partial charge in [0.05, 0.1) is 23.2 Å². The number of pyridine rings is 1. The van der Waals surface area contributed by atoms with Crippen LogP contribution in [0.15, 0.2) is 42.6 Å². The highest BCUT2D eigenvalue weighted by molar-refractivity contribution is 6.32. The lowest BCUT2D eigenvalue weighted by atomic mass is 10.2. The topological polar surface area (TPSA) is 88.5 Å². The first-order chi connectivity index (χ1) is 14.6. The van der Waals surface area contributed by atoms with Gasteiger partial charge >= 0.3 is 5.97 Å². The van der Waals surface area contributed by atoms with Gasteiger partial charge < -0.3 is 14.5 Å². The van der Waals surface area contributed by atoms with Crippen LogP contribution in [0.25, 0.3) is 11.0 Å². The van der Waals surface area contributed by atoms with E-state index in [1.54, 1.807) is 30.2 Å². The van der Waals surface area contributed by atoms with Crippen LogP contribution in [-0.2, 0) is 4.74 Å². The third-order valence-electron chi connectivity index (χ3n) is 4.88. The van der Waals surface area contributed by atoms with Crippen LogP contribution in [0, 0.1) is 0 Å². The molecule has 1 aliphatic rings. The molecular formula is C21H20ClN5O3. The van der Waals surface area contributed by atoms with Crippen molar-refractivity contribution in [2.24, 2.45) is 0 Å². The van der Waals surface area contributed by atoms with E-state index in [1.165, 1.54) is 0 Å². The zero-order valence-electron chi connectivity index (χ0n) is 16.4. The van der Waals surface area contributed by atoms with Gasteiger partial charge in [0.1, 0.15) is 5.15 Å². The molecule has 0 saturated carbocycles. The van der Waals surface area contributed by atoms with Crippen molar-refractivity contribution in [2.75, 3.05) is 37.7 Å². The average molecular weight is 426 g/mol. The lowest BCUT2D eigenvalue weighted by Gasteiger charge is -2.35. The number of hydrogen-bond donors (Lipinski definition) is 0. The van der Waals surface area contributed by atoms with Crippen LogP contribution in [0.5, 0.6) is 0 Å². The molecule has 0 N–H and O–H groups in total. The summed E-state index contributed by atoms with van der Waals surface area (Å²) in [6.07, 6.45) is 1.55. The van der Waals surface area contributed by atoms with E-state index in [2.05, 4.69) is 15.0 Å². The van der Waals surface area contributed by atoms with Crippen LogP contribution >= 0.6 is 11.6 Å². The van der Waals surface area contributed by atoms with Crippen molar-refractivity contribution in [3.05, 3.63) is 59.0 Å². The normalized spacial score (nSPS) is 14.1. The molecule has 8 nitrogen and oxygen atoms in total. The van der Waals surface area contributed by atoms with Gasteiger partial charge in [-0.15, -0.1) is 0 Å². The van der Waals surface area contributed by atoms with Gasteiger partial charge in [0, 0.05) is 32.4 Å². The summed E-state index contributed by atoms with van der Waals surface area (Å²) in [5.41, 5.74) is 1.89. The molecule has 0 spiro atoms. The van der Waals surface area contributed by atoms with Crippen molar-refractivity contribution in [1.82, 2.24) is 19.9 Å². The van der Waals surface area contributed by atoms with Gasteiger partial charge in [-0.05, 0) is 31.2 Å². The van der Waals surface area contributed by atoms with E-state index in [-0.39, 0.29) is 23.4 Å². The predicted octanol–water partition coefficient (Wildman–Crippen LogP) is 2.82. The first-order valence-electron chi connectivity index (χ1n) is 9.67. The van der Waals surface area contributed by atoms with Crippen molar-refractivity contribution >= 4 is 40.3 Å². The Bertz CT molecular complexity index is 1100. The number of para-hydroxylation sites is 2. The SMILES string of the molecule is CCOC(=O)c1nc2ccccc2nc1N1CCN(C(=O)c2cccnc2Cl)CC1. The molecule has 1 saturated heterocycles. The Morgan fingerprint density at radius 3 is 2.40 bits per heavy atom. The minimum atomic E-state index is -0.508. The fourth-order valence-corrected chi connectivity index (χ4v) is 3.59. The minimum Gasteiger partial charge on any atom is -0.461 e. The third-order valence-corrected chi connectivity index (χ3v) is 5.18. The summed E-state index contributed by atoms with van der Waals surface area (Å²) in [5.74, 6) is -0.201. The number of benzene rings is 1. The number of carbonyl (C=O) groups excluding carboxylic acids is 2. The van der Waals surface area contributed by atoms with Crippen molar-refractivity contribution in [1.29, 1.82) is 0 Å². The second-order valence-corrected chi connectivity index (χ2v) is 7.08. The highest BCUT2D eigenvalue weighted by Gasteiger charge is 2.28. The predicted molar refractivity (Wildman–Crippen MR) is 113 cm³/mol. The van der Waals surface area contributed by atoms with Crippen LogP contribution < -0.4 is 4.90 Å². The number of rotatable bonds is 4. The van der Waals surface area contributed by atoms with E-state index in [0.29, 0.717) is 48.6 Å². The quantitative estimate of drug-likeness (QED) is 0.469. The molecular weight excluding hydrogens is 406 g/mol. The van der Waals surface area contributed by atoms with E-state index in [9.17, 15) is 9.59 Å². The van der Waals surface area contributed by atoms with Gasteiger partial charge in [0.25, 0.3) is 5.91 Å². The maximum Gasteiger partial charge on any atom is 0.360 e. The number of fused-ring (bicyclic) bond motifs is 1. The maximum atomic E-state index is 12.8. The van der Waals surface area contributed by atoms with Crippen LogP contribution in [0.2, 0.25) is 5.15 Å². The fraction of sp³-hybridized carbons (Fsp3) is 0.286. The smallest absolute Gasteiger partial charge is 0.360 e. The van der Waals surface area contributed by atoms with E-state index in [0.717, 1.165) is 0 Å². The number of carbonyl (C=O) groups is 2. The monoisotopic (exact) mass is 425 g/mol. The first kappa shape index (κ1) is 20.0. The molecule has 1 amide bonds. The van der Waals surface area contributed by atoms with Crippen LogP contribution in [0.3, 0.4) is 0 Å². The molecule has 154 valence electrons. The lowest BCUT2D eigenvalue weighted by Crippen LogP contribution is -2.49. The molecule has 30 heavy (non-hydrogen) atoms.